The zero-order valence-electron chi connectivity index (χ0n) is 16.0. The van der Waals surface area contributed by atoms with Crippen LogP contribution < -0.4 is 10.1 Å². The van der Waals surface area contributed by atoms with Crippen molar-refractivity contribution in [2.75, 3.05) is 26.9 Å². The molecule has 28 heavy (non-hydrogen) atoms. The lowest BCUT2D eigenvalue weighted by Gasteiger charge is -2.12. The fraction of sp³-hybridized carbons (Fsp3) is 0.304. The van der Waals surface area contributed by atoms with Crippen molar-refractivity contribution < 1.29 is 14.3 Å². The van der Waals surface area contributed by atoms with Crippen LogP contribution in [0.15, 0.2) is 54.7 Å². The summed E-state index contributed by atoms with van der Waals surface area (Å²) in [6, 6.07) is 15.6. The van der Waals surface area contributed by atoms with E-state index in [1.54, 1.807) is 13.3 Å². The average molecular weight is 376 g/mol. The van der Waals surface area contributed by atoms with E-state index in [0.717, 1.165) is 53.8 Å². The fourth-order valence-corrected chi connectivity index (χ4v) is 3.69. The molecule has 1 aromatic heterocycles. The number of hydrogen-bond donors (Lipinski definition) is 1. The SMILES string of the molecule is COc1ccc(-c2cccc(C(=O)NCCC3CCOC3)c2)c2cccnc12. The molecule has 1 saturated heterocycles. The zero-order valence-corrected chi connectivity index (χ0v) is 16.0. The van der Waals surface area contributed by atoms with Gasteiger partial charge in [0.05, 0.1) is 7.11 Å². The Kier molecular flexibility index (Phi) is 5.53. The van der Waals surface area contributed by atoms with Crippen molar-refractivity contribution in [3.63, 3.8) is 0 Å². The van der Waals surface area contributed by atoms with Crippen LogP contribution in [0.3, 0.4) is 0 Å². The Labute approximate surface area is 164 Å². The van der Waals surface area contributed by atoms with Crippen LogP contribution in [0.25, 0.3) is 22.0 Å². The molecule has 0 spiro atoms. The number of methoxy groups -OCH3 is 1. The lowest BCUT2D eigenvalue weighted by Crippen LogP contribution is -2.26. The molecule has 1 amide bonds. The van der Waals surface area contributed by atoms with Gasteiger partial charge in [0.1, 0.15) is 11.3 Å². The third-order valence-electron chi connectivity index (χ3n) is 5.25. The minimum atomic E-state index is -0.0447. The van der Waals surface area contributed by atoms with Gasteiger partial charge in [-0.05, 0) is 60.2 Å². The van der Waals surface area contributed by atoms with E-state index in [0.29, 0.717) is 18.0 Å². The molecule has 0 radical (unpaired) electrons. The molecule has 4 rings (SSSR count). The smallest absolute Gasteiger partial charge is 0.251 e. The highest BCUT2D eigenvalue weighted by atomic mass is 16.5. The number of carbonyl (C=O) groups excluding carboxylic acids is 1. The first-order valence-corrected chi connectivity index (χ1v) is 9.64. The number of carbonyl (C=O) groups is 1. The summed E-state index contributed by atoms with van der Waals surface area (Å²) in [5, 5.41) is 4.03. The Morgan fingerprint density at radius 2 is 2.18 bits per heavy atom. The molecule has 0 bridgehead atoms. The largest absolute Gasteiger partial charge is 0.494 e. The lowest BCUT2D eigenvalue weighted by molar-refractivity contribution is 0.0950. The van der Waals surface area contributed by atoms with E-state index >= 15 is 0 Å². The third-order valence-corrected chi connectivity index (χ3v) is 5.25. The van der Waals surface area contributed by atoms with Crippen LogP contribution in [0.1, 0.15) is 23.2 Å². The van der Waals surface area contributed by atoms with Gasteiger partial charge in [-0.15, -0.1) is 0 Å². The molecular formula is C23H24N2O3. The summed E-state index contributed by atoms with van der Waals surface area (Å²) in [6.45, 7) is 2.32. The second kappa shape index (κ2) is 8.40. The highest BCUT2D eigenvalue weighted by molar-refractivity contribution is 6.00. The molecule has 0 saturated carbocycles. The maximum atomic E-state index is 12.6. The van der Waals surface area contributed by atoms with Gasteiger partial charge < -0.3 is 14.8 Å². The topological polar surface area (TPSA) is 60.5 Å². The quantitative estimate of drug-likeness (QED) is 0.705. The van der Waals surface area contributed by atoms with Crippen molar-refractivity contribution in [2.24, 2.45) is 5.92 Å². The Hall–Kier alpha value is -2.92. The van der Waals surface area contributed by atoms with Crippen molar-refractivity contribution >= 4 is 16.8 Å². The molecule has 1 fully saturated rings. The number of benzene rings is 2. The summed E-state index contributed by atoms with van der Waals surface area (Å²) in [6.07, 6.45) is 3.80. The van der Waals surface area contributed by atoms with Crippen LogP contribution in [0, 0.1) is 5.92 Å². The first-order valence-electron chi connectivity index (χ1n) is 9.64. The van der Waals surface area contributed by atoms with Crippen LogP contribution in [-0.4, -0.2) is 37.8 Å². The maximum absolute atomic E-state index is 12.6. The number of fused-ring (bicyclic) bond motifs is 1. The van der Waals surface area contributed by atoms with Crippen molar-refractivity contribution in [3.05, 3.63) is 60.3 Å². The van der Waals surface area contributed by atoms with Crippen LogP contribution >= 0.6 is 0 Å². The molecular weight excluding hydrogens is 352 g/mol. The minimum absolute atomic E-state index is 0.0447. The Bertz CT molecular complexity index is 980. The molecule has 1 atom stereocenters. The summed E-state index contributed by atoms with van der Waals surface area (Å²) in [5.74, 6) is 1.26. The van der Waals surface area contributed by atoms with Crippen LogP contribution in [0.5, 0.6) is 5.75 Å². The van der Waals surface area contributed by atoms with E-state index in [-0.39, 0.29) is 5.91 Å². The maximum Gasteiger partial charge on any atom is 0.251 e. The molecule has 5 heteroatoms. The van der Waals surface area contributed by atoms with Crippen molar-refractivity contribution in [3.8, 4) is 16.9 Å². The van der Waals surface area contributed by atoms with E-state index in [2.05, 4.69) is 10.3 Å². The van der Waals surface area contributed by atoms with Crippen LogP contribution in [0.2, 0.25) is 0 Å². The predicted molar refractivity (Wildman–Crippen MR) is 110 cm³/mol. The fourth-order valence-electron chi connectivity index (χ4n) is 3.69. The number of ether oxygens (including phenoxy) is 2. The van der Waals surface area contributed by atoms with Crippen molar-refractivity contribution in [1.29, 1.82) is 0 Å². The third kappa shape index (κ3) is 3.85. The van der Waals surface area contributed by atoms with Crippen molar-refractivity contribution in [1.82, 2.24) is 10.3 Å². The van der Waals surface area contributed by atoms with E-state index in [4.69, 9.17) is 9.47 Å². The molecule has 144 valence electrons. The molecule has 1 aliphatic heterocycles. The second-order valence-electron chi connectivity index (χ2n) is 7.07. The minimum Gasteiger partial charge on any atom is -0.494 e. The number of pyridine rings is 1. The van der Waals surface area contributed by atoms with Gasteiger partial charge >= 0.3 is 0 Å². The van der Waals surface area contributed by atoms with E-state index in [9.17, 15) is 4.79 Å². The van der Waals surface area contributed by atoms with Gasteiger partial charge in [0.25, 0.3) is 5.91 Å². The number of hydrogen-bond acceptors (Lipinski definition) is 4. The first kappa shape index (κ1) is 18.4. The predicted octanol–water partition coefficient (Wildman–Crippen LogP) is 4.07. The van der Waals surface area contributed by atoms with E-state index < -0.39 is 0 Å². The Morgan fingerprint density at radius 3 is 3.00 bits per heavy atom. The molecule has 3 aromatic rings. The summed E-state index contributed by atoms with van der Waals surface area (Å²) in [7, 11) is 1.64. The van der Waals surface area contributed by atoms with Gasteiger partial charge in [-0.1, -0.05) is 18.2 Å². The monoisotopic (exact) mass is 376 g/mol. The normalized spacial score (nSPS) is 16.2. The average Bonchev–Trinajstić information content (AvgIpc) is 3.26. The number of amides is 1. The molecule has 0 aliphatic carbocycles. The van der Waals surface area contributed by atoms with Crippen LogP contribution in [-0.2, 0) is 4.74 Å². The second-order valence-corrected chi connectivity index (χ2v) is 7.07. The van der Waals surface area contributed by atoms with Gasteiger partial charge in [0, 0.05) is 36.9 Å². The molecule has 5 nitrogen and oxygen atoms in total. The molecule has 2 heterocycles. The number of aromatic nitrogens is 1. The Balaban J connectivity index is 1.55. The zero-order chi connectivity index (χ0) is 19.3. The number of nitrogens with zero attached hydrogens (tertiary/aromatic N) is 1. The van der Waals surface area contributed by atoms with Gasteiger partial charge in [0.15, 0.2) is 0 Å². The summed E-state index contributed by atoms with van der Waals surface area (Å²) >= 11 is 0. The van der Waals surface area contributed by atoms with Gasteiger partial charge in [-0.2, -0.15) is 0 Å². The Morgan fingerprint density at radius 1 is 1.25 bits per heavy atom. The molecule has 1 aliphatic rings. The van der Waals surface area contributed by atoms with Gasteiger partial charge in [-0.3, -0.25) is 9.78 Å². The number of rotatable bonds is 6. The standard InChI is InChI=1S/C23H24N2O3/c1-27-21-8-7-19(20-6-3-11-24-22(20)21)17-4-2-5-18(14-17)23(26)25-12-9-16-10-13-28-15-16/h2-8,11,14,16H,9-10,12-13,15H2,1H3,(H,25,26). The summed E-state index contributed by atoms with van der Waals surface area (Å²) in [4.78, 5) is 17.1. The lowest BCUT2D eigenvalue weighted by atomic mass is 9.98. The first-order chi connectivity index (χ1) is 13.8. The van der Waals surface area contributed by atoms with Gasteiger partial charge in [0.2, 0.25) is 0 Å². The molecule has 2 aromatic carbocycles. The highest BCUT2D eigenvalue weighted by Gasteiger charge is 2.16. The van der Waals surface area contributed by atoms with Crippen molar-refractivity contribution in [2.45, 2.75) is 12.8 Å². The van der Waals surface area contributed by atoms with E-state index in [1.807, 2.05) is 48.5 Å². The summed E-state index contributed by atoms with van der Waals surface area (Å²) in [5.41, 5.74) is 3.49. The number of nitrogens with one attached hydrogen (secondary N) is 1. The van der Waals surface area contributed by atoms with Gasteiger partial charge in [-0.25, -0.2) is 0 Å². The summed E-state index contributed by atoms with van der Waals surface area (Å²) < 4.78 is 10.8. The van der Waals surface area contributed by atoms with E-state index in [1.165, 1.54) is 0 Å². The highest BCUT2D eigenvalue weighted by Crippen LogP contribution is 2.33. The van der Waals surface area contributed by atoms with Crippen LogP contribution in [0.4, 0.5) is 0 Å². The molecule has 1 N–H and O–H groups in total. The molecule has 1 unspecified atom stereocenters.